The van der Waals surface area contributed by atoms with E-state index in [4.69, 9.17) is 0 Å². The van der Waals surface area contributed by atoms with Gasteiger partial charge in [0.05, 0.1) is 5.57 Å². The normalized spacial score (nSPS) is 26.7. The summed E-state index contributed by atoms with van der Waals surface area (Å²) in [6.45, 7) is 10.3. The number of carbonyl (C=O) groups excluding carboxylic acids is 1. The summed E-state index contributed by atoms with van der Waals surface area (Å²) in [7, 11) is 1.70. The Balaban J connectivity index is 1.63. The molecule has 0 unspecified atom stereocenters. The van der Waals surface area contributed by atoms with Crippen LogP contribution in [0.15, 0.2) is 64.7 Å². The molecule has 1 aliphatic heterocycles. The van der Waals surface area contributed by atoms with Crippen LogP contribution in [-0.4, -0.2) is 37.9 Å². The maximum absolute atomic E-state index is 13.8. The predicted molar refractivity (Wildman–Crippen MR) is 132 cm³/mol. The largest absolute Gasteiger partial charge is 0.371 e. The third-order valence-electron chi connectivity index (χ3n) is 6.93. The molecule has 1 aromatic rings. The highest BCUT2D eigenvalue weighted by molar-refractivity contribution is 6.21. The molecule has 1 saturated carbocycles. The van der Waals surface area contributed by atoms with Crippen LogP contribution < -0.4 is 10.2 Å². The average Bonchev–Trinajstić information content (AvgIpc) is 3.22. The SMILES string of the molecule is C\C=C/C=C\C(C)=C(C(=O)NCc1ccc(N2C[C@@H]3C[C@@H](F)C[C@]3(C)C2)cc1)\C(C)=N/C. The highest BCUT2D eigenvalue weighted by Gasteiger charge is 2.50. The summed E-state index contributed by atoms with van der Waals surface area (Å²) >= 11 is 0. The molecule has 1 aliphatic carbocycles. The Morgan fingerprint density at radius 1 is 1.28 bits per heavy atom. The lowest BCUT2D eigenvalue weighted by Crippen LogP contribution is -2.28. The van der Waals surface area contributed by atoms with Gasteiger partial charge in [0.15, 0.2) is 0 Å². The molecule has 3 rings (SSSR count). The highest BCUT2D eigenvalue weighted by Crippen LogP contribution is 2.50. The molecule has 1 N–H and O–H groups in total. The van der Waals surface area contributed by atoms with Crippen molar-refractivity contribution < 1.29 is 9.18 Å². The first-order valence-electron chi connectivity index (χ1n) is 11.5. The van der Waals surface area contributed by atoms with Crippen LogP contribution in [0.1, 0.15) is 46.1 Å². The Kier molecular flexibility index (Phi) is 7.70. The second kappa shape index (κ2) is 10.3. The van der Waals surface area contributed by atoms with Crippen molar-refractivity contribution in [2.75, 3.05) is 25.0 Å². The fourth-order valence-electron chi connectivity index (χ4n) is 5.03. The van der Waals surface area contributed by atoms with Gasteiger partial charge in [0, 0.05) is 38.1 Å². The second-order valence-corrected chi connectivity index (χ2v) is 9.37. The van der Waals surface area contributed by atoms with Gasteiger partial charge >= 0.3 is 0 Å². The number of carbonyl (C=O) groups is 1. The van der Waals surface area contributed by atoms with Crippen LogP contribution in [0, 0.1) is 11.3 Å². The number of aliphatic imine (C=N–C) groups is 1. The van der Waals surface area contributed by atoms with Crippen molar-refractivity contribution in [3.63, 3.8) is 0 Å². The lowest BCUT2D eigenvalue weighted by molar-refractivity contribution is -0.117. The highest BCUT2D eigenvalue weighted by atomic mass is 19.1. The van der Waals surface area contributed by atoms with E-state index in [2.05, 4.69) is 46.4 Å². The van der Waals surface area contributed by atoms with Crippen LogP contribution in [-0.2, 0) is 11.3 Å². The number of nitrogens with one attached hydrogen (secondary N) is 1. The summed E-state index contributed by atoms with van der Waals surface area (Å²) in [6, 6.07) is 8.35. The first-order chi connectivity index (χ1) is 15.3. The van der Waals surface area contributed by atoms with Crippen LogP contribution in [0.2, 0.25) is 0 Å². The van der Waals surface area contributed by atoms with E-state index in [1.807, 2.05) is 45.1 Å². The summed E-state index contributed by atoms with van der Waals surface area (Å²) in [4.78, 5) is 19.5. The number of amides is 1. The minimum Gasteiger partial charge on any atom is -0.371 e. The molecule has 1 aromatic carbocycles. The van der Waals surface area contributed by atoms with Gasteiger partial charge in [0.25, 0.3) is 5.91 Å². The first kappa shape index (κ1) is 24.0. The molecule has 5 heteroatoms. The first-order valence-corrected chi connectivity index (χ1v) is 11.5. The van der Waals surface area contributed by atoms with E-state index in [0.717, 1.165) is 24.2 Å². The van der Waals surface area contributed by atoms with Crippen molar-refractivity contribution in [2.45, 2.75) is 53.3 Å². The molecule has 2 fully saturated rings. The number of fused-ring (bicyclic) bond motifs is 1. The topological polar surface area (TPSA) is 44.7 Å². The number of halogens is 1. The number of anilines is 1. The van der Waals surface area contributed by atoms with Crippen LogP contribution in [0.25, 0.3) is 0 Å². The molecule has 0 aromatic heterocycles. The molecule has 2 aliphatic rings. The van der Waals surface area contributed by atoms with E-state index in [9.17, 15) is 9.18 Å². The van der Waals surface area contributed by atoms with Gasteiger partial charge in [0.2, 0.25) is 0 Å². The van der Waals surface area contributed by atoms with Gasteiger partial charge in [-0.2, -0.15) is 0 Å². The van der Waals surface area contributed by atoms with Gasteiger partial charge in [-0.3, -0.25) is 9.79 Å². The smallest absolute Gasteiger partial charge is 0.253 e. The molecule has 1 heterocycles. The quantitative estimate of drug-likeness (QED) is 0.352. The van der Waals surface area contributed by atoms with Gasteiger partial charge in [-0.25, -0.2) is 4.39 Å². The average molecular weight is 438 g/mol. The van der Waals surface area contributed by atoms with Gasteiger partial charge in [-0.15, -0.1) is 0 Å². The van der Waals surface area contributed by atoms with E-state index in [0.29, 0.717) is 36.6 Å². The van der Waals surface area contributed by atoms with E-state index >= 15 is 0 Å². The van der Waals surface area contributed by atoms with Gasteiger partial charge in [-0.05, 0) is 68.2 Å². The Morgan fingerprint density at radius 3 is 2.62 bits per heavy atom. The maximum Gasteiger partial charge on any atom is 0.253 e. The second-order valence-electron chi connectivity index (χ2n) is 9.37. The minimum absolute atomic E-state index is 0.0900. The molecule has 172 valence electrons. The zero-order valence-electron chi connectivity index (χ0n) is 20.0. The zero-order valence-corrected chi connectivity index (χ0v) is 20.0. The molecule has 0 radical (unpaired) electrons. The van der Waals surface area contributed by atoms with Crippen molar-refractivity contribution in [3.05, 3.63) is 65.3 Å². The maximum atomic E-state index is 13.8. The molecule has 32 heavy (non-hydrogen) atoms. The summed E-state index contributed by atoms with van der Waals surface area (Å²) in [5, 5.41) is 3.03. The Hall–Kier alpha value is -2.69. The van der Waals surface area contributed by atoms with Crippen LogP contribution in [0.5, 0.6) is 0 Å². The molecule has 4 nitrogen and oxygen atoms in total. The minimum atomic E-state index is -0.638. The zero-order chi connectivity index (χ0) is 23.3. The third kappa shape index (κ3) is 5.37. The van der Waals surface area contributed by atoms with Crippen LogP contribution in [0.4, 0.5) is 10.1 Å². The lowest BCUT2D eigenvalue weighted by atomic mass is 9.83. The fourth-order valence-corrected chi connectivity index (χ4v) is 5.03. The number of nitrogens with zero attached hydrogens (tertiary/aromatic N) is 2. The Bertz CT molecular complexity index is 944. The van der Waals surface area contributed by atoms with Gasteiger partial charge < -0.3 is 10.2 Å². The summed E-state index contributed by atoms with van der Waals surface area (Å²) in [6.07, 6.45) is 8.46. The Morgan fingerprint density at radius 2 is 2.00 bits per heavy atom. The summed E-state index contributed by atoms with van der Waals surface area (Å²) in [5.74, 6) is 0.316. The third-order valence-corrected chi connectivity index (χ3v) is 6.93. The van der Waals surface area contributed by atoms with Gasteiger partial charge in [-0.1, -0.05) is 43.4 Å². The fraction of sp³-hybridized carbons (Fsp3) is 0.481. The van der Waals surface area contributed by atoms with E-state index in [1.54, 1.807) is 7.05 Å². The molecule has 1 saturated heterocycles. The number of alkyl halides is 1. The number of rotatable bonds is 7. The molecule has 0 bridgehead atoms. The van der Waals surface area contributed by atoms with Crippen LogP contribution in [0.3, 0.4) is 0 Å². The van der Waals surface area contributed by atoms with Crippen molar-refractivity contribution in [2.24, 2.45) is 16.3 Å². The molecular weight excluding hydrogens is 401 g/mol. The van der Waals surface area contributed by atoms with Crippen molar-refractivity contribution >= 4 is 17.3 Å². The van der Waals surface area contributed by atoms with Gasteiger partial charge in [0.1, 0.15) is 6.17 Å². The number of hydrogen-bond donors (Lipinski definition) is 1. The standard InChI is InChI=1S/C27H36FN3O/c1-6-7-8-9-19(2)25(20(3)29-5)26(32)30-16-21-10-12-24(13-11-21)31-17-22-14-23(28)15-27(22,4)18-31/h6-13,22-23H,14-18H2,1-5H3,(H,30,32)/b7-6-,9-8-,25-19-,29-20-/t22-,23+,27+/m0/s1. The lowest BCUT2D eigenvalue weighted by Gasteiger charge is -2.24. The number of allylic oxidation sites excluding steroid dienone is 5. The predicted octanol–water partition coefficient (Wildman–Crippen LogP) is 5.42. The molecule has 3 atom stereocenters. The van der Waals surface area contributed by atoms with Crippen molar-refractivity contribution in [3.8, 4) is 0 Å². The van der Waals surface area contributed by atoms with Crippen molar-refractivity contribution in [1.29, 1.82) is 0 Å². The van der Waals surface area contributed by atoms with E-state index < -0.39 is 6.17 Å². The molecule has 0 spiro atoms. The summed E-state index contributed by atoms with van der Waals surface area (Å²) < 4.78 is 13.8. The number of hydrogen-bond acceptors (Lipinski definition) is 3. The number of benzene rings is 1. The monoisotopic (exact) mass is 437 g/mol. The Labute approximate surface area is 192 Å². The van der Waals surface area contributed by atoms with Crippen molar-refractivity contribution in [1.82, 2.24) is 5.32 Å². The molecular formula is C27H36FN3O. The van der Waals surface area contributed by atoms with Crippen LogP contribution >= 0.6 is 0 Å². The summed E-state index contributed by atoms with van der Waals surface area (Å²) in [5.41, 5.74) is 4.50. The van der Waals surface area contributed by atoms with E-state index in [-0.39, 0.29) is 11.3 Å². The van der Waals surface area contributed by atoms with E-state index in [1.165, 1.54) is 5.69 Å². The molecule has 1 amide bonds.